The molecule has 0 spiro atoms. The van der Waals surface area contributed by atoms with Crippen LogP contribution in [0.1, 0.15) is 6.92 Å². The molecule has 0 aliphatic carbocycles. The van der Waals surface area contributed by atoms with Crippen LogP contribution in [0.2, 0.25) is 0 Å². The van der Waals surface area contributed by atoms with E-state index in [1.54, 1.807) is 13.0 Å². The number of pyridine rings is 1. The summed E-state index contributed by atoms with van der Waals surface area (Å²) in [6, 6.07) is 8.46. The number of sulfonamides is 1. The Bertz CT molecular complexity index is 702. The first-order chi connectivity index (χ1) is 9.46. The highest BCUT2D eigenvalue weighted by atomic mass is 32.2. The molecule has 0 saturated heterocycles. The number of rotatable bonds is 4. The minimum absolute atomic E-state index is 0.00632. The Kier molecular flexibility index (Phi) is 3.89. The van der Waals surface area contributed by atoms with Crippen molar-refractivity contribution in [2.75, 3.05) is 16.6 Å². The summed E-state index contributed by atoms with van der Waals surface area (Å²) in [5, 5.41) is 0. The van der Waals surface area contributed by atoms with Crippen LogP contribution >= 0.6 is 0 Å². The zero-order valence-corrected chi connectivity index (χ0v) is 11.6. The molecule has 2 rings (SSSR count). The molecule has 0 bridgehead atoms. The molecule has 0 radical (unpaired) electrons. The number of nitrogen functional groups attached to an aromatic ring is 1. The molecule has 0 amide bonds. The first-order valence-electron chi connectivity index (χ1n) is 5.95. The van der Waals surface area contributed by atoms with Crippen molar-refractivity contribution in [2.24, 2.45) is 0 Å². The molecule has 0 aliphatic heterocycles. The average Bonchev–Trinajstić information content (AvgIpc) is 2.42. The number of aromatic nitrogens is 1. The molecule has 5 nitrogen and oxygen atoms in total. The van der Waals surface area contributed by atoms with Crippen molar-refractivity contribution in [3.8, 4) is 0 Å². The minimum atomic E-state index is -3.87. The number of halogens is 1. The molecule has 7 heteroatoms. The highest BCUT2D eigenvalue weighted by molar-refractivity contribution is 7.92. The van der Waals surface area contributed by atoms with Gasteiger partial charge in [0.25, 0.3) is 10.0 Å². The van der Waals surface area contributed by atoms with Gasteiger partial charge in [0.05, 0.1) is 5.69 Å². The van der Waals surface area contributed by atoms with Crippen molar-refractivity contribution >= 4 is 21.5 Å². The van der Waals surface area contributed by atoms with Gasteiger partial charge < -0.3 is 5.73 Å². The van der Waals surface area contributed by atoms with Crippen LogP contribution in [-0.2, 0) is 10.0 Å². The van der Waals surface area contributed by atoms with Crippen molar-refractivity contribution in [3.05, 3.63) is 48.4 Å². The van der Waals surface area contributed by atoms with Crippen LogP contribution < -0.4 is 10.0 Å². The molecule has 1 heterocycles. The summed E-state index contributed by atoms with van der Waals surface area (Å²) in [7, 11) is -3.87. The third-order valence-corrected chi connectivity index (χ3v) is 4.63. The van der Waals surface area contributed by atoms with Crippen molar-refractivity contribution in [2.45, 2.75) is 11.8 Å². The Morgan fingerprint density at radius 3 is 2.50 bits per heavy atom. The second-order valence-corrected chi connectivity index (χ2v) is 5.90. The van der Waals surface area contributed by atoms with Gasteiger partial charge in [-0.3, -0.25) is 4.31 Å². The molecule has 0 aliphatic rings. The Hall–Kier alpha value is -2.15. The van der Waals surface area contributed by atoms with Crippen LogP contribution in [0, 0.1) is 5.82 Å². The molecule has 0 fully saturated rings. The highest BCUT2D eigenvalue weighted by Gasteiger charge is 2.25. The maximum absolute atomic E-state index is 13.8. The fourth-order valence-electron chi connectivity index (χ4n) is 1.80. The molecule has 1 aromatic carbocycles. The second kappa shape index (κ2) is 5.46. The summed E-state index contributed by atoms with van der Waals surface area (Å²) in [6.45, 7) is 1.74. The van der Waals surface area contributed by atoms with Gasteiger partial charge in [-0.15, -0.1) is 0 Å². The average molecular weight is 295 g/mol. The first-order valence-corrected chi connectivity index (χ1v) is 7.39. The fourth-order valence-corrected chi connectivity index (χ4v) is 3.22. The highest BCUT2D eigenvalue weighted by Crippen LogP contribution is 2.25. The molecule has 2 aromatic rings. The van der Waals surface area contributed by atoms with Crippen LogP contribution in [-0.4, -0.2) is 19.9 Å². The maximum Gasteiger partial charge on any atom is 0.265 e. The van der Waals surface area contributed by atoms with Gasteiger partial charge in [0.15, 0.2) is 0 Å². The third-order valence-electron chi connectivity index (χ3n) is 2.76. The predicted octanol–water partition coefficient (Wildman–Crippen LogP) is 2.02. The van der Waals surface area contributed by atoms with Crippen LogP contribution in [0.5, 0.6) is 0 Å². The van der Waals surface area contributed by atoms with Gasteiger partial charge in [-0.1, -0.05) is 12.1 Å². The summed E-state index contributed by atoms with van der Waals surface area (Å²) < 4.78 is 39.8. The lowest BCUT2D eigenvalue weighted by Crippen LogP contribution is -2.31. The lowest BCUT2D eigenvalue weighted by Gasteiger charge is -2.23. The van der Waals surface area contributed by atoms with Gasteiger partial charge in [0, 0.05) is 12.7 Å². The van der Waals surface area contributed by atoms with Gasteiger partial charge in [-0.25, -0.2) is 17.8 Å². The number of para-hydroxylation sites is 1. The van der Waals surface area contributed by atoms with E-state index in [1.807, 2.05) is 0 Å². The molecule has 1 aromatic heterocycles. The normalized spacial score (nSPS) is 11.3. The largest absolute Gasteiger partial charge is 0.384 e. The predicted molar refractivity (Wildman–Crippen MR) is 75.3 cm³/mol. The van der Waals surface area contributed by atoms with Crippen LogP contribution in [0.15, 0.2) is 47.5 Å². The van der Waals surface area contributed by atoms with Gasteiger partial charge in [0.1, 0.15) is 16.5 Å². The van der Waals surface area contributed by atoms with Crippen LogP contribution in [0.25, 0.3) is 0 Å². The van der Waals surface area contributed by atoms with E-state index in [4.69, 9.17) is 5.73 Å². The quantitative estimate of drug-likeness (QED) is 0.936. The van der Waals surface area contributed by atoms with Crippen molar-refractivity contribution in [1.29, 1.82) is 0 Å². The zero-order chi connectivity index (χ0) is 14.8. The Labute approximate surface area is 116 Å². The first kappa shape index (κ1) is 14.3. The molecule has 0 atom stereocenters. The summed E-state index contributed by atoms with van der Waals surface area (Å²) in [4.78, 5) is 3.73. The molecule has 20 heavy (non-hydrogen) atoms. The van der Waals surface area contributed by atoms with Gasteiger partial charge in [-0.2, -0.15) is 0 Å². The molecule has 0 unspecified atom stereocenters. The fraction of sp³-hybridized carbons (Fsp3) is 0.154. The second-order valence-electron chi connectivity index (χ2n) is 4.04. The maximum atomic E-state index is 13.8. The smallest absolute Gasteiger partial charge is 0.265 e. The molecular formula is C13H14FN3O2S. The molecule has 106 valence electrons. The Balaban J connectivity index is 2.51. The van der Waals surface area contributed by atoms with Gasteiger partial charge >= 0.3 is 0 Å². The van der Waals surface area contributed by atoms with E-state index in [0.717, 1.165) is 10.5 Å². The number of nitrogens with zero attached hydrogens (tertiary/aromatic N) is 2. The molecular weight excluding hydrogens is 281 g/mol. The summed E-state index contributed by atoms with van der Waals surface area (Å²) in [5.41, 5.74) is 5.44. The number of nitrogens with two attached hydrogens (primary N) is 1. The standard InChI is InChI=1S/C13H14FN3O2S/c1-2-17(12-6-4-3-5-11(12)14)20(18,19)10-7-8-13(15)16-9-10/h3-9H,2H2,1H3,(H2,15,16). The number of hydrogen-bond acceptors (Lipinski definition) is 4. The minimum Gasteiger partial charge on any atom is -0.384 e. The van der Waals surface area contributed by atoms with E-state index < -0.39 is 15.8 Å². The van der Waals surface area contributed by atoms with Gasteiger partial charge in [-0.05, 0) is 31.2 Å². The van der Waals surface area contributed by atoms with E-state index in [-0.39, 0.29) is 22.9 Å². The van der Waals surface area contributed by atoms with E-state index in [1.165, 1.54) is 30.3 Å². The van der Waals surface area contributed by atoms with Crippen molar-refractivity contribution in [1.82, 2.24) is 4.98 Å². The lowest BCUT2D eigenvalue weighted by molar-refractivity contribution is 0.586. The van der Waals surface area contributed by atoms with E-state index in [2.05, 4.69) is 4.98 Å². The lowest BCUT2D eigenvalue weighted by atomic mass is 10.3. The van der Waals surface area contributed by atoms with E-state index >= 15 is 0 Å². The van der Waals surface area contributed by atoms with Crippen LogP contribution in [0.3, 0.4) is 0 Å². The van der Waals surface area contributed by atoms with Gasteiger partial charge in [0.2, 0.25) is 0 Å². The van der Waals surface area contributed by atoms with E-state index in [0.29, 0.717) is 0 Å². The van der Waals surface area contributed by atoms with E-state index in [9.17, 15) is 12.8 Å². The number of anilines is 2. The number of benzene rings is 1. The SMILES string of the molecule is CCN(c1ccccc1F)S(=O)(=O)c1ccc(N)nc1. The summed E-state index contributed by atoms with van der Waals surface area (Å²) in [5.74, 6) is -0.376. The number of hydrogen-bond donors (Lipinski definition) is 1. The van der Waals surface area contributed by atoms with Crippen molar-refractivity contribution in [3.63, 3.8) is 0 Å². The Morgan fingerprint density at radius 2 is 1.95 bits per heavy atom. The monoisotopic (exact) mass is 295 g/mol. The molecule has 2 N–H and O–H groups in total. The Morgan fingerprint density at radius 1 is 1.25 bits per heavy atom. The van der Waals surface area contributed by atoms with Crippen LogP contribution in [0.4, 0.5) is 15.9 Å². The molecule has 0 saturated carbocycles. The third kappa shape index (κ3) is 2.57. The zero-order valence-electron chi connectivity index (χ0n) is 10.8. The summed E-state index contributed by atoms with van der Waals surface area (Å²) in [6.07, 6.45) is 1.16. The topological polar surface area (TPSA) is 76.3 Å². The van der Waals surface area contributed by atoms with Crippen molar-refractivity contribution < 1.29 is 12.8 Å². The summed E-state index contributed by atoms with van der Waals surface area (Å²) >= 11 is 0.